The third kappa shape index (κ3) is 5.69. The zero-order chi connectivity index (χ0) is 29.5. The lowest BCUT2D eigenvalue weighted by Gasteiger charge is -2.21. The number of rotatable bonds is 2. The Morgan fingerprint density at radius 1 is 0.585 bits per heavy atom. The van der Waals surface area contributed by atoms with Gasteiger partial charge in [-0.15, -0.1) is 0 Å². The fraction of sp³-hybridized carbons (Fsp3) is 0.171. The van der Waals surface area contributed by atoms with Crippen molar-refractivity contribution in [1.82, 2.24) is 0 Å². The molecule has 0 aliphatic heterocycles. The van der Waals surface area contributed by atoms with Crippen molar-refractivity contribution in [2.24, 2.45) is 0 Å². The van der Waals surface area contributed by atoms with E-state index in [9.17, 15) is 17.3 Å². The Bertz CT molecular complexity index is 1860. The van der Waals surface area contributed by atoms with Crippen LogP contribution in [0.5, 0.6) is 0 Å². The van der Waals surface area contributed by atoms with Crippen LogP contribution in [0.25, 0.3) is 49.4 Å². The molecule has 41 heavy (non-hydrogen) atoms. The molecule has 0 saturated carbocycles. The number of aromatic nitrogens is 1. The average Bonchev–Trinajstić information content (AvgIpc) is 2.91. The second kappa shape index (κ2) is 10.7. The molecular weight excluding hydrogens is 521 g/mol. The zero-order valence-corrected chi connectivity index (χ0v) is 23.9. The summed E-state index contributed by atoms with van der Waals surface area (Å²) in [5, 5.41) is 5.11. The number of benzene rings is 5. The number of aryl methyl sites for hydroxylation is 2. The molecule has 0 saturated heterocycles. The van der Waals surface area contributed by atoms with Gasteiger partial charge in [-0.3, -0.25) is 0 Å². The Balaban J connectivity index is 0.000000623. The van der Waals surface area contributed by atoms with E-state index in [2.05, 4.69) is 142 Å². The van der Waals surface area contributed by atoms with Crippen LogP contribution >= 0.6 is 0 Å². The Hall–Kier alpha value is -4.19. The highest BCUT2D eigenvalue weighted by Crippen LogP contribution is 2.41. The molecule has 0 atom stereocenters. The van der Waals surface area contributed by atoms with Gasteiger partial charge in [0.15, 0.2) is 0 Å². The number of para-hydroxylation sites is 1. The highest BCUT2D eigenvalue weighted by atomic mass is 19.5. The summed E-state index contributed by atoms with van der Waals surface area (Å²) in [4.78, 5) is 0. The second-order valence-electron chi connectivity index (χ2n) is 11.5. The van der Waals surface area contributed by atoms with Gasteiger partial charge >= 0.3 is 7.25 Å². The normalized spacial score (nSPS) is 12.0. The minimum atomic E-state index is -6.00. The molecule has 0 amide bonds. The van der Waals surface area contributed by atoms with Crippen LogP contribution in [-0.2, 0) is 5.41 Å². The smallest absolute Gasteiger partial charge is 0.418 e. The molecule has 0 N–H and O–H groups in total. The Morgan fingerprint density at radius 3 is 1.83 bits per heavy atom. The maximum atomic E-state index is 9.75. The predicted molar refractivity (Wildman–Crippen MR) is 164 cm³/mol. The van der Waals surface area contributed by atoms with Gasteiger partial charge in [-0.2, -0.15) is 4.57 Å². The summed E-state index contributed by atoms with van der Waals surface area (Å²) in [5.74, 6) is 0. The lowest BCUT2D eigenvalue weighted by Crippen LogP contribution is -2.33. The van der Waals surface area contributed by atoms with Crippen LogP contribution < -0.4 is 4.57 Å². The Kier molecular flexibility index (Phi) is 7.37. The standard InChI is InChI=1S/C35H32N.BF4/c1-23-12-11-13-24(2)32(23)33-29-20-18-25-14-9-10-17-28(25)34(29)36(27-15-7-6-8-16-27)31-21-19-26(22-30(31)33)35(3,4)5;2-1(3,4)5/h6-22H,1-5H3;/q+1;-1. The fourth-order valence-electron chi connectivity index (χ4n) is 5.68. The van der Waals surface area contributed by atoms with E-state index in [4.69, 9.17) is 0 Å². The van der Waals surface area contributed by atoms with E-state index in [1.54, 1.807) is 0 Å². The van der Waals surface area contributed by atoms with Crippen LogP contribution in [0.2, 0.25) is 0 Å². The molecule has 5 aromatic carbocycles. The van der Waals surface area contributed by atoms with Crippen molar-refractivity contribution in [3.8, 4) is 16.8 Å². The molecule has 0 aliphatic rings. The highest BCUT2D eigenvalue weighted by Gasteiger charge is 2.28. The van der Waals surface area contributed by atoms with Crippen molar-refractivity contribution in [3.63, 3.8) is 0 Å². The molecule has 1 aromatic heterocycles. The molecule has 0 spiro atoms. The fourth-order valence-corrected chi connectivity index (χ4v) is 5.68. The van der Waals surface area contributed by atoms with E-state index in [-0.39, 0.29) is 5.41 Å². The van der Waals surface area contributed by atoms with Gasteiger partial charge in [0.2, 0.25) is 16.7 Å². The molecule has 6 heteroatoms. The van der Waals surface area contributed by atoms with Gasteiger partial charge in [0.05, 0.1) is 16.2 Å². The third-order valence-electron chi connectivity index (χ3n) is 7.51. The number of nitrogens with zero attached hydrogens (tertiary/aromatic N) is 1. The maximum absolute atomic E-state index is 9.75. The number of pyridine rings is 1. The van der Waals surface area contributed by atoms with Crippen LogP contribution in [0.15, 0.2) is 103 Å². The molecule has 208 valence electrons. The summed E-state index contributed by atoms with van der Waals surface area (Å²) in [6, 6.07) is 37.9. The summed E-state index contributed by atoms with van der Waals surface area (Å²) >= 11 is 0. The maximum Gasteiger partial charge on any atom is 0.673 e. The zero-order valence-electron chi connectivity index (χ0n) is 23.9. The number of fused-ring (bicyclic) bond motifs is 4. The van der Waals surface area contributed by atoms with Gasteiger partial charge in [-0.1, -0.05) is 87.5 Å². The van der Waals surface area contributed by atoms with Crippen LogP contribution in [0.4, 0.5) is 17.3 Å². The van der Waals surface area contributed by atoms with Crippen LogP contribution in [0, 0.1) is 13.8 Å². The van der Waals surface area contributed by atoms with Crippen LogP contribution in [0.1, 0.15) is 37.5 Å². The van der Waals surface area contributed by atoms with Gasteiger partial charge in [0.25, 0.3) is 0 Å². The first-order valence-electron chi connectivity index (χ1n) is 13.7. The quantitative estimate of drug-likeness (QED) is 0.0661. The van der Waals surface area contributed by atoms with Crippen molar-refractivity contribution in [1.29, 1.82) is 0 Å². The topological polar surface area (TPSA) is 3.88 Å². The lowest BCUT2D eigenvalue weighted by atomic mass is 9.83. The van der Waals surface area contributed by atoms with Gasteiger partial charge < -0.3 is 17.3 Å². The van der Waals surface area contributed by atoms with E-state index < -0.39 is 7.25 Å². The SMILES string of the molecule is Cc1cccc(C)c1-c1c2cc(C(C)(C)C)ccc2[n+](-c2ccccc2)c2c1ccc1ccccc12.F[B-](F)(F)F. The summed E-state index contributed by atoms with van der Waals surface area (Å²) in [6.07, 6.45) is 0. The van der Waals surface area contributed by atoms with E-state index in [1.165, 1.54) is 66.1 Å². The van der Waals surface area contributed by atoms with E-state index in [1.807, 2.05) is 0 Å². The Labute approximate surface area is 238 Å². The summed E-state index contributed by atoms with van der Waals surface area (Å²) in [6.45, 7) is 11.4. The monoisotopic (exact) mass is 553 g/mol. The third-order valence-corrected chi connectivity index (χ3v) is 7.51. The molecule has 0 bridgehead atoms. The molecule has 6 rings (SSSR count). The Morgan fingerprint density at radius 2 is 1.20 bits per heavy atom. The van der Waals surface area contributed by atoms with Crippen molar-refractivity contribution < 1.29 is 21.8 Å². The summed E-state index contributed by atoms with van der Waals surface area (Å²) in [7, 11) is -6.00. The largest absolute Gasteiger partial charge is 0.673 e. The van der Waals surface area contributed by atoms with Gasteiger partial charge in [-0.05, 0) is 65.1 Å². The molecule has 1 heterocycles. The van der Waals surface area contributed by atoms with Crippen LogP contribution in [0.3, 0.4) is 0 Å². The van der Waals surface area contributed by atoms with E-state index in [0.29, 0.717) is 0 Å². The van der Waals surface area contributed by atoms with Crippen molar-refractivity contribution >= 4 is 39.8 Å². The van der Waals surface area contributed by atoms with Gasteiger partial charge in [-0.25, -0.2) is 0 Å². The molecule has 0 radical (unpaired) electrons. The predicted octanol–water partition coefficient (Wildman–Crippen LogP) is 10.3. The minimum absolute atomic E-state index is 0.0577. The summed E-state index contributed by atoms with van der Waals surface area (Å²) < 4.78 is 41.5. The van der Waals surface area contributed by atoms with Crippen molar-refractivity contribution in [2.45, 2.75) is 40.0 Å². The van der Waals surface area contributed by atoms with Crippen molar-refractivity contribution in [3.05, 3.63) is 120 Å². The minimum Gasteiger partial charge on any atom is -0.418 e. The molecule has 0 aliphatic carbocycles. The lowest BCUT2D eigenvalue weighted by molar-refractivity contribution is -0.537. The van der Waals surface area contributed by atoms with Gasteiger partial charge in [0.1, 0.15) is 0 Å². The van der Waals surface area contributed by atoms with Gasteiger partial charge in [0, 0.05) is 23.8 Å². The highest BCUT2D eigenvalue weighted by molar-refractivity contribution is 6.50. The molecule has 6 aromatic rings. The second-order valence-corrected chi connectivity index (χ2v) is 11.5. The first kappa shape index (κ1) is 28.3. The molecular formula is C35H32BF4N. The first-order chi connectivity index (χ1) is 19.3. The number of hydrogen-bond acceptors (Lipinski definition) is 0. The number of hydrogen-bond donors (Lipinski definition) is 0. The van der Waals surface area contributed by atoms with Crippen LogP contribution in [-0.4, -0.2) is 7.25 Å². The average molecular weight is 553 g/mol. The molecule has 0 fully saturated rings. The van der Waals surface area contributed by atoms with E-state index in [0.717, 1.165) is 0 Å². The molecule has 1 nitrogen and oxygen atoms in total. The molecule has 0 unspecified atom stereocenters. The van der Waals surface area contributed by atoms with Crippen molar-refractivity contribution in [2.75, 3.05) is 0 Å². The number of halogens is 4. The van der Waals surface area contributed by atoms with E-state index >= 15 is 0 Å². The first-order valence-corrected chi connectivity index (χ1v) is 13.7. The summed E-state index contributed by atoms with van der Waals surface area (Å²) in [5.41, 5.74) is 10.4.